The maximum absolute atomic E-state index is 11.7. The number of hydrogen-bond donors (Lipinski definition) is 0. The van der Waals surface area contributed by atoms with Crippen molar-refractivity contribution in [3.63, 3.8) is 0 Å². The first-order valence-electron chi connectivity index (χ1n) is 9.48. The molecule has 146 valence electrons. The summed E-state index contributed by atoms with van der Waals surface area (Å²) in [6.45, 7) is 4.96. The Balaban J connectivity index is 1.49. The highest BCUT2D eigenvalue weighted by Crippen LogP contribution is 2.40. The molecule has 1 saturated carbocycles. The predicted octanol–water partition coefficient (Wildman–Crippen LogP) is 4.33. The number of aromatic nitrogens is 4. The van der Waals surface area contributed by atoms with Crippen molar-refractivity contribution < 1.29 is 4.79 Å². The van der Waals surface area contributed by atoms with E-state index in [0.717, 1.165) is 28.4 Å². The quantitative estimate of drug-likeness (QED) is 0.515. The van der Waals surface area contributed by atoms with Crippen LogP contribution in [0, 0.1) is 0 Å². The first-order valence-corrected chi connectivity index (χ1v) is 11.3. The monoisotopic (exact) mass is 413 g/mol. The summed E-state index contributed by atoms with van der Waals surface area (Å²) in [4.78, 5) is 18.0. The number of carbonyl (C=O) groups excluding carboxylic acids is 1. The average Bonchev–Trinajstić information content (AvgIpc) is 3.30. The number of hydrogen-bond acceptors (Lipinski definition) is 6. The Bertz CT molecular complexity index is 949. The molecule has 2 aromatic heterocycles. The Morgan fingerprint density at radius 1 is 1.29 bits per heavy atom. The molecule has 0 bridgehead atoms. The van der Waals surface area contributed by atoms with Gasteiger partial charge in [-0.3, -0.25) is 9.69 Å². The fraction of sp³-hybridized carbons (Fsp3) is 0.400. The summed E-state index contributed by atoms with van der Waals surface area (Å²) in [6, 6.07) is 10.4. The first kappa shape index (κ1) is 19.1. The third-order valence-corrected chi connectivity index (χ3v) is 6.60. The molecule has 0 spiro atoms. The van der Waals surface area contributed by atoms with Crippen LogP contribution < -0.4 is 4.90 Å². The Kier molecular flexibility index (Phi) is 5.77. The Labute approximate surface area is 173 Å². The second kappa shape index (κ2) is 8.45. The second-order valence-electron chi connectivity index (χ2n) is 6.86. The predicted molar refractivity (Wildman–Crippen MR) is 113 cm³/mol. The Morgan fingerprint density at radius 2 is 2.07 bits per heavy atom. The van der Waals surface area contributed by atoms with E-state index in [2.05, 4.69) is 44.0 Å². The van der Waals surface area contributed by atoms with Gasteiger partial charge in [0.1, 0.15) is 5.82 Å². The van der Waals surface area contributed by atoms with E-state index in [9.17, 15) is 4.79 Å². The Morgan fingerprint density at radius 3 is 2.75 bits per heavy atom. The molecule has 0 atom stereocenters. The molecular formula is C20H23N5OS2. The normalized spacial score (nSPS) is 13.6. The van der Waals surface area contributed by atoms with E-state index in [4.69, 9.17) is 0 Å². The molecule has 28 heavy (non-hydrogen) atoms. The number of carbonyl (C=O) groups is 1. The van der Waals surface area contributed by atoms with Crippen LogP contribution in [0.4, 0.5) is 5.13 Å². The minimum atomic E-state index is 0.0210. The van der Waals surface area contributed by atoms with Crippen molar-refractivity contribution in [2.24, 2.45) is 0 Å². The van der Waals surface area contributed by atoms with Crippen LogP contribution in [0.1, 0.15) is 49.7 Å². The van der Waals surface area contributed by atoms with Crippen molar-refractivity contribution in [2.75, 3.05) is 11.4 Å². The summed E-state index contributed by atoms with van der Waals surface area (Å²) in [5.41, 5.74) is 2.22. The van der Waals surface area contributed by atoms with Crippen LogP contribution in [0.3, 0.4) is 0 Å². The third kappa shape index (κ3) is 4.28. The number of thiazole rings is 1. The van der Waals surface area contributed by atoms with E-state index < -0.39 is 0 Å². The van der Waals surface area contributed by atoms with Gasteiger partial charge in [0.2, 0.25) is 5.91 Å². The fourth-order valence-electron chi connectivity index (χ4n) is 3.08. The van der Waals surface area contributed by atoms with Gasteiger partial charge in [0.15, 0.2) is 10.3 Å². The van der Waals surface area contributed by atoms with Gasteiger partial charge in [0, 0.05) is 30.5 Å². The molecule has 0 unspecified atom stereocenters. The molecule has 4 rings (SSSR count). The van der Waals surface area contributed by atoms with Gasteiger partial charge in [-0.15, -0.1) is 21.5 Å². The van der Waals surface area contributed by atoms with E-state index in [1.165, 1.54) is 29.7 Å². The van der Waals surface area contributed by atoms with Crippen molar-refractivity contribution in [1.82, 2.24) is 19.7 Å². The van der Waals surface area contributed by atoms with Gasteiger partial charge in [0.05, 0.1) is 12.2 Å². The van der Waals surface area contributed by atoms with E-state index in [0.29, 0.717) is 18.2 Å². The van der Waals surface area contributed by atoms with E-state index in [1.807, 2.05) is 18.4 Å². The molecule has 1 aliphatic rings. The first-order chi connectivity index (χ1) is 13.7. The summed E-state index contributed by atoms with van der Waals surface area (Å²) >= 11 is 3.17. The number of amides is 1. The number of rotatable bonds is 8. The molecule has 1 amide bonds. The van der Waals surface area contributed by atoms with Gasteiger partial charge in [-0.1, -0.05) is 42.1 Å². The highest BCUT2D eigenvalue weighted by molar-refractivity contribution is 7.98. The van der Waals surface area contributed by atoms with Crippen LogP contribution in [0.5, 0.6) is 0 Å². The maximum atomic E-state index is 11.7. The second-order valence-corrected chi connectivity index (χ2v) is 8.64. The highest BCUT2D eigenvalue weighted by Gasteiger charge is 2.30. The van der Waals surface area contributed by atoms with Gasteiger partial charge in [0.25, 0.3) is 0 Å². The molecule has 1 fully saturated rings. The van der Waals surface area contributed by atoms with Crippen LogP contribution >= 0.6 is 23.1 Å². The van der Waals surface area contributed by atoms with Crippen molar-refractivity contribution >= 4 is 34.1 Å². The van der Waals surface area contributed by atoms with Gasteiger partial charge >= 0.3 is 0 Å². The van der Waals surface area contributed by atoms with Crippen LogP contribution in [-0.2, 0) is 17.1 Å². The lowest BCUT2D eigenvalue weighted by molar-refractivity contribution is -0.116. The molecule has 8 heteroatoms. The number of benzene rings is 1. The smallest absolute Gasteiger partial charge is 0.225 e. The maximum Gasteiger partial charge on any atom is 0.225 e. The van der Waals surface area contributed by atoms with Crippen molar-refractivity contribution in [1.29, 1.82) is 0 Å². The zero-order chi connectivity index (χ0) is 19.5. The molecule has 0 aliphatic heterocycles. The molecule has 6 nitrogen and oxygen atoms in total. The SMILES string of the molecule is CCN(C(C)=O)c1nc(CSc2nnc(C3CC3)n2Cc2ccccc2)cs1. The summed E-state index contributed by atoms with van der Waals surface area (Å²) in [6.07, 6.45) is 2.40. The molecule has 0 N–H and O–H groups in total. The minimum Gasteiger partial charge on any atom is -0.301 e. The van der Waals surface area contributed by atoms with Crippen LogP contribution in [0.15, 0.2) is 40.9 Å². The van der Waals surface area contributed by atoms with Gasteiger partial charge in [-0.05, 0) is 25.3 Å². The Hall–Kier alpha value is -2.19. The zero-order valence-electron chi connectivity index (χ0n) is 16.0. The van der Waals surface area contributed by atoms with Crippen LogP contribution in [0.25, 0.3) is 0 Å². The number of anilines is 1. The highest BCUT2D eigenvalue weighted by atomic mass is 32.2. The van der Waals surface area contributed by atoms with E-state index >= 15 is 0 Å². The molecule has 0 radical (unpaired) electrons. The van der Waals surface area contributed by atoms with E-state index in [-0.39, 0.29) is 5.91 Å². The third-order valence-electron chi connectivity index (χ3n) is 4.69. The average molecular weight is 414 g/mol. The summed E-state index contributed by atoms with van der Waals surface area (Å²) in [5, 5.41) is 12.7. The lowest BCUT2D eigenvalue weighted by atomic mass is 10.2. The molecule has 1 aromatic carbocycles. The number of nitrogens with zero attached hydrogens (tertiary/aromatic N) is 5. The standard InChI is InChI=1S/C20H23N5OS2/c1-3-24(14(2)26)19-21-17(12-27-19)13-28-20-23-22-18(16-9-10-16)25(20)11-15-7-5-4-6-8-15/h4-8,12,16H,3,9-11,13H2,1-2H3. The van der Waals surface area contributed by atoms with Crippen molar-refractivity contribution in [3.8, 4) is 0 Å². The van der Waals surface area contributed by atoms with Gasteiger partial charge < -0.3 is 4.57 Å². The van der Waals surface area contributed by atoms with Gasteiger partial charge in [-0.2, -0.15) is 0 Å². The van der Waals surface area contributed by atoms with Crippen molar-refractivity contribution in [2.45, 2.75) is 50.1 Å². The van der Waals surface area contributed by atoms with Crippen LogP contribution in [0.2, 0.25) is 0 Å². The van der Waals surface area contributed by atoms with Crippen molar-refractivity contribution in [3.05, 3.63) is 52.8 Å². The summed E-state index contributed by atoms with van der Waals surface area (Å²) in [5.74, 6) is 2.38. The zero-order valence-corrected chi connectivity index (χ0v) is 17.7. The molecule has 3 aromatic rings. The molecule has 2 heterocycles. The van der Waals surface area contributed by atoms with Gasteiger partial charge in [-0.25, -0.2) is 4.98 Å². The molecule has 1 aliphatic carbocycles. The lowest BCUT2D eigenvalue weighted by Crippen LogP contribution is -2.27. The summed E-state index contributed by atoms with van der Waals surface area (Å²) in [7, 11) is 0. The van der Waals surface area contributed by atoms with Crippen LogP contribution in [-0.4, -0.2) is 32.2 Å². The number of thioether (sulfide) groups is 1. The lowest BCUT2D eigenvalue weighted by Gasteiger charge is -2.14. The largest absolute Gasteiger partial charge is 0.301 e. The van der Waals surface area contributed by atoms with E-state index in [1.54, 1.807) is 23.6 Å². The minimum absolute atomic E-state index is 0.0210. The summed E-state index contributed by atoms with van der Waals surface area (Å²) < 4.78 is 2.25. The fourth-order valence-corrected chi connectivity index (χ4v) is 4.96. The molecule has 0 saturated heterocycles. The molecular weight excluding hydrogens is 390 g/mol. The topological polar surface area (TPSA) is 63.9 Å².